The highest BCUT2D eigenvalue weighted by atomic mass is 16.4. The summed E-state index contributed by atoms with van der Waals surface area (Å²) in [5, 5.41) is 12.2. The number of pyridine rings is 1. The molecule has 3 rings (SSSR count). The molecule has 1 aromatic heterocycles. The Labute approximate surface area is 130 Å². The number of aliphatic carboxylic acids is 1. The van der Waals surface area contributed by atoms with Crippen molar-refractivity contribution in [2.24, 2.45) is 0 Å². The van der Waals surface area contributed by atoms with Crippen LogP contribution in [0.1, 0.15) is 73.3 Å². The first kappa shape index (κ1) is 15.0. The SMILES string of the molecule is O=C(O)CC1(NC(=O)c2ccnc(C3CC3)c2)CCCCC1. The average molecular weight is 302 g/mol. The van der Waals surface area contributed by atoms with E-state index < -0.39 is 11.5 Å². The number of carbonyl (C=O) groups excluding carboxylic acids is 1. The summed E-state index contributed by atoms with van der Waals surface area (Å²) in [6, 6.07) is 3.56. The van der Waals surface area contributed by atoms with E-state index in [9.17, 15) is 14.7 Å². The van der Waals surface area contributed by atoms with Crippen molar-refractivity contribution in [3.8, 4) is 0 Å². The minimum atomic E-state index is -0.851. The van der Waals surface area contributed by atoms with Crippen LogP contribution in [0.5, 0.6) is 0 Å². The molecule has 2 saturated carbocycles. The van der Waals surface area contributed by atoms with Gasteiger partial charge in [0.05, 0.1) is 12.0 Å². The molecule has 2 aliphatic carbocycles. The summed E-state index contributed by atoms with van der Waals surface area (Å²) in [7, 11) is 0. The Kier molecular flexibility index (Phi) is 4.14. The number of carbonyl (C=O) groups is 2. The summed E-state index contributed by atoms with van der Waals surface area (Å²) in [6.07, 6.45) is 8.48. The van der Waals surface area contributed by atoms with Crippen molar-refractivity contribution < 1.29 is 14.7 Å². The van der Waals surface area contributed by atoms with Crippen molar-refractivity contribution in [3.63, 3.8) is 0 Å². The van der Waals surface area contributed by atoms with Gasteiger partial charge in [-0.15, -0.1) is 0 Å². The van der Waals surface area contributed by atoms with Crippen LogP contribution >= 0.6 is 0 Å². The molecular formula is C17H22N2O3. The minimum Gasteiger partial charge on any atom is -0.481 e. The van der Waals surface area contributed by atoms with Gasteiger partial charge in [-0.05, 0) is 37.8 Å². The van der Waals surface area contributed by atoms with Crippen molar-refractivity contribution >= 4 is 11.9 Å². The lowest BCUT2D eigenvalue weighted by Gasteiger charge is -2.37. The number of amides is 1. The van der Waals surface area contributed by atoms with Gasteiger partial charge < -0.3 is 10.4 Å². The number of nitrogens with one attached hydrogen (secondary N) is 1. The topological polar surface area (TPSA) is 79.3 Å². The number of rotatable bonds is 5. The Balaban J connectivity index is 1.75. The average Bonchev–Trinajstić information content (AvgIpc) is 3.32. The summed E-state index contributed by atoms with van der Waals surface area (Å²) >= 11 is 0. The van der Waals surface area contributed by atoms with Crippen LogP contribution in [0.2, 0.25) is 0 Å². The number of aromatic nitrogens is 1. The van der Waals surface area contributed by atoms with Crippen LogP contribution in [0.25, 0.3) is 0 Å². The summed E-state index contributed by atoms with van der Waals surface area (Å²) in [5.41, 5.74) is 0.972. The molecule has 118 valence electrons. The first-order chi connectivity index (χ1) is 10.6. The van der Waals surface area contributed by atoms with E-state index in [0.29, 0.717) is 11.5 Å². The first-order valence-electron chi connectivity index (χ1n) is 8.08. The van der Waals surface area contributed by atoms with Crippen LogP contribution < -0.4 is 5.32 Å². The highest BCUT2D eigenvalue weighted by Crippen LogP contribution is 2.39. The molecule has 0 atom stereocenters. The molecule has 1 heterocycles. The number of carboxylic acid groups (broad SMARTS) is 1. The molecule has 1 amide bonds. The largest absolute Gasteiger partial charge is 0.481 e. The molecule has 0 spiro atoms. The van der Waals surface area contributed by atoms with Gasteiger partial charge in [0.2, 0.25) is 0 Å². The zero-order valence-corrected chi connectivity index (χ0v) is 12.7. The van der Waals surface area contributed by atoms with Gasteiger partial charge in [-0.25, -0.2) is 0 Å². The maximum Gasteiger partial charge on any atom is 0.305 e. The molecule has 2 aliphatic rings. The van der Waals surface area contributed by atoms with Gasteiger partial charge in [0, 0.05) is 23.4 Å². The van der Waals surface area contributed by atoms with Crippen LogP contribution in [0.3, 0.4) is 0 Å². The number of carboxylic acids is 1. The maximum absolute atomic E-state index is 12.6. The van der Waals surface area contributed by atoms with Gasteiger partial charge in [0.15, 0.2) is 0 Å². The van der Waals surface area contributed by atoms with Crippen LogP contribution in [0.4, 0.5) is 0 Å². The Bertz CT molecular complexity index is 575. The fraction of sp³-hybridized carbons (Fsp3) is 0.588. The molecule has 2 N–H and O–H groups in total. The van der Waals surface area contributed by atoms with E-state index >= 15 is 0 Å². The minimum absolute atomic E-state index is 0.000689. The molecule has 1 aromatic rings. The summed E-state index contributed by atoms with van der Waals surface area (Å²) < 4.78 is 0. The smallest absolute Gasteiger partial charge is 0.305 e. The van der Waals surface area contributed by atoms with Gasteiger partial charge in [-0.3, -0.25) is 14.6 Å². The molecule has 0 radical (unpaired) electrons. The second-order valence-electron chi connectivity index (χ2n) is 6.61. The molecule has 22 heavy (non-hydrogen) atoms. The van der Waals surface area contributed by atoms with Crippen LogP contribution in [-0.4, -0.2) is 27.5 Å². The van der Waals surface area contributed by atoms with Crippen molar-refractivity contribution in [1.29, 1.82) is 0 Å². The molecule has 5 heteroatoms. The zero-order valence-electron chi connectivity index (χ0n) is 12.7. The van der Waals surface area contributed by atoms with Gasteiger partial charge in [-0.1, -0.05) is 19.3 Å². The lowest BCUT2D eigenvalue weighted by molar-refractivity contribution is -0.139. The number of nitrogens with zero attached hydrogens (tertiary/aromatic N) is 1. The quantitative estimate of drug-likeness (QED) is 0.876. The lowest BCUT2D eigenvalue weighted by atomic mass is 9.79. The second-order valence-corrected chi connectivity index (χ2v) is 6.61. The predicted octanol–water partition coefficient (Wildman–Crippen LogP) is 2.87. The molecule has 0 saturated heterocycles. The first-order valence-corrected chi connectivity index (χ1v) is 8.08. The van der Waals surface area contributed by atoms with E-state index in [2.05, 4.69) is 10.3 Å². The Hall–Kier alpha value is -1.91. The molecule has 0 aromatic carbocycles. The Morgan fingerprint density at radius 1 is 1.27 bits per heavy atom. The van der Waals surface area contributed by atoms with E-state index in [-0.39, 0.29) is 12.3 Å². The van der Waals surface area contributed by atoms with Crippen LogP contribution in [0.15, 0.2) is 18.3 Å². The van der Waals surface area contributed by atoms with Gasteiger partial charge in [-0.2, -0.15) is 0 Å². The predicted molar refractivity (Wildman–Crippen MR) is 81.7 cm³/mol. The van der Waals surface area contributed by atoms with Crippen molar-refractivity contribution in [2.75, 3.05) is 0 Å². The standard InChI is InChI=1S/C17H22N2O3/c20-15(21)11-17(7-2-1-3-8-17)19-16(22)13-6-9-18-14(10-13)12-4-5-12/h6,9-10,12H,1-5,7-8,11H2,(H,19,22)(H,20,21). The van der Waals surface area contributed by atoms with E-state index in [1.54, 1.807) is 12.3 Å². The van der Waals surface area contributed by atoms with E-state index in [1.807, 2.05) is 6.07 Å². The number of hydrogen-bond donors (Lipinski definition) is 2. The maximum atomic E-state index is 12.6. The molecule has 2 fully saturated rings. The third-order valence-corrected chi connectivity index (χ3v) is 4.72. The molecule has 5 nitrogen and oxygen atoms in total. The van der Waals surface area contributed by atoms with E-state index in [0.717, 1.165) is 50.6 Å². The van der Waals surface area contributed by atoms with E-state index in [1.165, 1.54) is 0 Å². The van der Waals surface area contributed by atoms with Crippen molar-refractivity contribution in [3.05, 3.63) is 29.6 Å². The van der Waals surface area contributed by atoms with Crippen LogP contribution in [-0.2, 0) is 4.79 Å². The highest BCUT2D eigenvalue weighted by molar-refractivity contribution is 5.95. The summed E-state index contributed by atoms with van der Waals surface area (Å²) in [5.74, 6) is -0.529. The fourth-order valence-corrected chi connectivity index (χ4v) is 3.37. The Morgan fingerprint density at radius 2 is 2.00 bits per heavy atom. The lowest BCUT2D eigenvalue weighted by Crippen LogP contribution is -2.51. The molecular weight excluding hydrogens is 280 g/mol. The molecule has 0 bridgehead atoms. The Morgan fingerprint density at radius 3 is 2.64 bits per heavy atom. The van der Waals surface area contributed by atoms with Gasteiger partial charge >= 0.3 is 5.97 Å². The zero-order chi connectivity index (χ0) is 15.6. The van der Waals surface area contributed by atoms with E-state index in [4.69, 9.17) is 0 Å². The second kappa shape index (κ2) is 6.07. The number of hydrogen-bond acceptors (Lipinski definition) is 3. The van der Waals surface area contributed by atoms with Crippen molar-refractivity contribution in [2.45, 2.75) is 62.8 Å². The third-order valence-electron chi connectivity index (χ3n) is 4.72. The summed E-state index contributed by atoms with van der Waals surface area (Å²) in [4.78, 5) is 28.1. The fourth-order valence-electron chi connectivity index (χ4n) is 3.37. The molecule has 0 aliphatic heterocycles. The molecule has 0 unspecified atom stereocenters. The van der Waals surface area contributed by atoms with Crippen LogP contribution in [0, 0.1) is 0 Å². The van der Waals surface area contributed by atoms with Gasteiger partial charge in [0.1, 0.15) is 0 Å². The van der Waals surface area contributed by atoms with Gasteiger partial charge in [0.25, 0.3) is 5.91 Å². The third kappa shape index (κ3) is 3.46. The van der Waals surface area contributed by atoms with Crippen molar-refractivity contribution in [1.82, 2.24) is 10.3 Å². The monoisotopic (exact) mass is 302 g/mol. The highest BCUT2D eigenvalue weighted by Gasteiger charge is 2.36. The normalized spacial score (nSPS) is 20.4. The summed E-state index contributed by atoms with van der Waals surface area (Å²) in [6.45, 7) is 0.